The first-order valence-electron chi connectivity index (χ1n) is 3.04. The van der Waals surface area contributed by atoms with Crippen LogP contribution in [-0.4, -0.2) is 17.7 Å². The van der Waals surface area contributed by atoms with Gasteiger partial charge < -0.3 is 5.73 Å². The van der Waals surface area contributed by atoms with Crippen molar-refractivity contribution in [3.8, 4) is 6.07 Å². The molecule has 10 heavy (non-hydrogen) atoms. The normalized spacial score (nSPS) is 29.8. The predicted octanol–water partition coefficient (Wildman–Crippen LogP) is 0.0579. The van der Waals surface area contributed by atoms with Gasteiger partial charge in [-0.1, -0.05) is 6.92 Å². The molecule has 2 N–H and O–H groups in total. The van der Waals surface area contributed by atoms with Gasteiger partial charge >= 0.3 is 0 Å². The molecule has 0 saturated heterocycles. The number of hydrogen-bond donors (Lipinski definition) is 1. The van der Waals surface area contributed by atoms with Crippen LogP contribution < -0.4 is 5.73 Å². The molecule has 0 amide bonds. The highest BCUT2D eigenvalue weighted by molar-refractivity contribution is 6.02. The fraction of sp³-hybridized carbons (Fsp3) is 0.500. The molecule has 1 aliphatic heterocycles. The Bertz CT molecular complexity index is 235. The lowest BCUT2D eigenvalue weighted by molar-refractivity contribution is 0.694. The predicted molar refractivity (Wildman–Crippen MR) is 38.7 cm³/mol. The third kappa shape index (κ3) is 0.676. The molecule has 4 heteroatoms. The minimum absolute atomic E-state index is 0.303. The van der Waals surface area contributed by atoms with Crippen molar-refractivity contribution < 1.29 is 0 Å². The van der Waals surface area contributed by atoms with Crippen LogP contribution >= 0.6 is 0 Å². The summed E-state index contributed by atoms with van der Waals surface area (Å²) in [6.45, 7) is 1.86. The second-order valence-electron chi connectivity index (χ2n) is 2.08. The van der Waals surface area contributed by atoms with Gasteiger partial charge in [-0.3, -0.25) is 0 Å². The van der Waals surface area contributed by atoms with E-state index in [1.807, 2.05) is 13.0 Å². The third-order valence-electron chi connectivity index (χ3n) is 1.60. The monoisotopic (exact) mass is 136 g/mol. The van der Waals surface area contributed by atoms with Gasteiger partial charge in [-0.05, 0) is 6.42 Å². The molecular weight excluding hydrogens is 128 g/mol. The lowest BCUT2D eigenvalue weighted by atomic mass is 9.99. The molecule has 0 bridgehead atoms. The Hall–Kier alpha value is -1.37. The molecule has 0 spiro atoms. The van der Waals surface area contributed by atoms with Crippen LogP contribution in [0.4, 0.5) is 0 Å². The number of hydrogen-bond acceptors (Lipinski definition) is 4. The van der Waals surface area contributed by atoms with E-state index in [0.29, 0.717) is 12.3 Å². The second-order valence-corrected chi connectivity index (χ2v) is 2.08. The van der Waals surface area contributed by atoms with Gasteiger partial charge in [0.1, 0.15) is 18.2 Å². The lowest BCUT2D eigenvalue weighted by Gasteiger charge is -2.13. The first-order valence-corrected chi connectivity index (χ1v) is 3.04. The Morgan fingerprint density at radius 1 is 1.90 bits per heavy atom. The molecule has 0 aromatic heterocycles. The molecule has 1 unspecified atom stereocenters. The summed E-state index contributed by atoms with van der Waals surface area (Å²) >= 11 is 0. The van der Waals surface area contributed by atoms with E-state index in [-0.39, 0.29) is 0 Å². The second kappa shape index (κ2) is 2.10. The molecule has 1 rings (SSSR count). The van der Waals surface area contributed by atoms with Crippen LogP contribution in [0.2, 0.25) is 0 Å². The van der Waals surface area contributed by atoms with Crippen molar-refractivity contribution in [3.05, 3.63) is 0 Å². The number of rotatable bonds is 1. The van der Waals surface area contributed by atoms with Gasteiger partial charge in [0.05, 0.1) is 0 Å². The Labute approximate surface area is 59.1 Å². The summed E-state index contributed by atoms with van der Waals surface area (Å²) < 4.78 is 0. The Balaban J connectivity index is 2.98. The number of amidine groups is 1. The van der Waals surface area contributed by atoms with E-state index in [1.54, 1.807) is 0 Å². The summed E-state index contributed by atoms with van der Waals surface area (Å²) in [6, 6.07) is 2.02. The molecular formula is C6H8N4. The van der Waals surface area contributed by atoms with Crippen LogP contribution in [-0.2, 0) is 0 Å². The molecule has 52 valence electrons. The topological polar surface area (TPSA) is 74.5 Å². The van der Waals surface area contributed by atoms with Crippen molar-refractivity contribution in [1.29, 1.82) is 5.26 Å². The van der Waals surface area contributed by atoms with Gasteiger partial charge in [-0.15, -0.1) is 0 Å². The van der Waals surface area contributed by atoms with E-state index in [1.165, 1.54) is 6.34 Å². The van der Waals surface area contributed by atoms with Crippen LogP contribution in [0.3, 0.4) is 0 Å². The van der Waals surface area contributed by atoms with E-state index in [9.17, 15) is 0 Å². The maximum atomic E-state index is 8.66. The van der Waals surface area contributed by atoms with Gasteiger partial charge in [0, 0.05) is 0 Å². The van der Waals surface area contributed by atoms with E-state index in [4.69, 9.17) is 11.0 Å². The molecule has 0 aromatic rings. The van der Waals surface area contributed by atoms with Crippen molar-refractivity contribution in [3.63, 3.8) is 0 Å². The zero-order valence-electron chi connectivity index (χ0n) is 5.70. The Morgan fingerprint density at radius 2 is 2.60 bits per heavy atom. The Kier molecular flexibility index (Phi) is 1.42. The minimum atomic E-state index is -0.861. The van der Waals surface area contributed by atoms with E-state index < -0.39 is 5.54 Å². The van der Waals surface area contributed by atoms with Crippen molar-refractivity contribution in [2.75, 3.05) is 0 Å². The van der Waals surface area contributed by atoms with Gasteiger partial charge in [-0.2, -0.15) is 5.26 Å². The van der Waals surface area contributed by atoms with E-state index in [2.05, 4.69) is 9.98 Å². The standard InChI is InChI=1S/C6H8N4/c1-2-6(3-7)5(8)9-4-10-6/h4H,2H2,1H3,(H2,8,9,10). The average Bonchev–Trinajstić information content (AvgIpc) is 2.32. The minimum Gasteiger partial charge on any atom is -0.384 e. The fourth-order valence-corrected chi connectivity index (χ4v) is 0.800. The van der Waals surface area contributed by atoms with Gasteiger partial charge in [0.25, 0.3) is 0 Å². The summed E-state index contributed by atoms with van der Waals surface area (Å²) in [5, 5.41) is 8.66. The smallest absolute Gasteiger partial charge is 0.204 e. The Morgan fingerprint density at radius 3 is 2.80 bits per heavy atom. The van der Waals surface area contributed by atoms with Crippen molar-refractivity contribution in [2.45, 2.75) is 18.9 Å². The SMILES string of the molecule is CCC1(C#N)N=CN=C1N. The maximum absolute atomic E-state index is 8.66. The molecule has 0 aromatic carbocycles. The number of aliphatic imine (C=N–C) groups is 2. The molecule has 1 atom stereocenters. The quantitative estimate of drug-likeness (QED) is 0.553. The molecule has 1 aliphatic rings. The highest BCUT2D eigenvalue weighted by Gasteiger charge is 2.34. The number of nitrogens with zero attached hydrogens (tertiary/aromatic N) is 3. The van der Waals surface area contributed by atoms with Crippen molar-refractivity contribution in [1.82, 2.24) is 0 Å². The number of nitriles is 1. The summed E-state index contributed by atoms with van der Waals surface area (Å²) in [5.41, 5.74) is 4.58. The van der Waals surface area contributed by atoms with Crippen LogP contribution in [0.5, 0.6) is 0 Å². The van der Waals surface area contributed by atoms with Gasteiger partial charge in [-0.25, -0.2) is 9.98 Å². The lowest BCUT2D eigenvalue weighted by Crippen LogP contribution is -2.37. The first kappa shape index (κ1) is 6.75. The van der Waals surface area contributed by atoms with E-state index in [0.717, 1.165) is 0 Å². The molecule has 0 aliphatic carbocycles. The third-order valence-corrected chi connectivity index (χ3v) is 1.60. The highest BCUT2D eigenvalue weighted by Crippen LogP contribution is 2.17. The van der Waals surface area contributed by atoms with Crippen molar-refractivity contribution >= 4 is 12.2 Å². The fourth-order valence-electron chi connectivity index (χ4n) is 0.800. The zero-order chi connectivity index (χ0) is 7.61. The van der Waals surface area contributed by atoms with Crippen LogP contribution in [0.1, 0.15) is 13.3 Å². The highest BCUT2D eigenvalue weighted by atomic mass is 15.1. The summed E-state index contributed by atoms with van der Waals surface area (Å²) in [7, 11) is 0. The first-order chi connectivity index (χ1) is 4.75. The summed E-state index contributed by atoms with van der Waals surface area (Å²) in [5.74, 6) is 0.303. The maximum Gasteiger partial charge on any atom is 0.204 e. The largest absolute Gasteiger partial charge is 0.384 e. The molecule has 0 radical (unpaired) electrons. The molecule has 1 heterocycles. The average molecular weight is 136 g/mol. The molecule has 4 nitrogen and oxygen atoms in total. The number of nitrogens with two attached hydrogens (primary N) is 1. The molecule has 0 fully saturated rings. The molecule has 0 saturated carbocycles. The van der Waals surface area contributed by atoms with Gasteiger partial charge in [0.15, 0.2) is 0 Å². The zero-order valence-corrected chi connectivity index (χ0v) is 5.70. The van der Waals surface area contributed by atoms with E-state index >= 15 is 0 Å². The van der Waals surface area contributed by atoms with Crippen molar-refractivity contribution in [2.24, 2.45) is 15.7 Å². The van der Waals surface area contributed by atoms with Gasteiger partial charge in [0.2, 0.25) is 5.54 Å². The van der Waals surface area contributed by atoms with Crippen LogP contribution in [0.25, 0.3) is 0 Å². The summed E-state index contributed by atoms with van der Waals surface area (Å²) in [4.78, 5) is 7.58. The van der Waals surface area contributed by atoms with Crippen LogP contribution in [0.15, 0.2) is 9.98 Å². The van der Waals surface area contributed by atoms with Crippen LogP contribution in [0, 0.1) is 11.3 Å². The summed E-state index contributed by atoms with van der Waals surface area (Å²) in [6.07, 6.45) is 1.91.